The molecule has 2 rings (SSSR count). The average molecular weight is 338 g/mol. The van der Waals surface area contributed by atoms with Gasteiger partial charge in [-0.3, -0.25) is 4.79 Å². The van der Waals surface area contributed by atoms with Gasteiger partial charge in [-0.1, -0.05) is 26.0 Å². The normalized spacial score (nSPS) is 46.2. The van der Waals surface area contributed by atoms with Crippen molar-refractivity contribution in [1.29, 1.82) is 0 Å². The lowest BCUT2D eigenvalue weighted by molar-refractivity contribution is -0.143. The third kappa shape index (κ3) is 4.90. The first-order chi connectivity index (χ1) is 10.9. The first kappa shape index (κ1) is 19.6. The summed E-state index contributed by atoms with van der Waals surface area (Å²) in [5, 5.41) is 21.5. The summed E-state index contributed by atoms with van der Waals surface area (Å²) in [4.78, 5) is 12.4. The Labute approximate surface area is 146 Å². The zero-order valence-electron chi connectivity index (χ0n) is 15.8. The van der Waals surface area contributed by atoms with E-state index in [1.165, 1.54) is 0 Å². The van der Waals surface area contributed by atoms with Crippen molar-refractivity contribution >= 4 is 5.78 Å². The van der Waals surface area contributed by atoms with Gasteiger partial charge in [0.1, 0.15) is 5.78 Å². The van der Waals surface area contributed by atoms with Crippen LogP contribution in [0.15, 0.2) is 12.2 Å². The van der Waals surface area contributed by atoms with Crippen molar-refractivity contribution in [1.82, 2.24) is 0 Å². The standard InChI is InChI=1S/C20H34O4/c1-14(2)15-6-9-18(3,22)12-16(21)13-19(4)10-8-17(24-19)20(5,23)11-7-15/h6,9,14-15,17,22-23H,7-8,10-13H2,1-5H3/b9-6+/t15-,17+,18+,19+,20+/m0/s1. The Kier molecular flexibility index (Phi) is 5.63. The van der Waals surface area contributed by atoms with Crippen molar-refractivity contribution in [2.45, 2.75) is 96.1 Å². The minimum Gasteiger partial charge on any atom is -0.387 e. The molecule has 5 atom stereocenters. The Morgan fingerprint density at radius 2 is 1.79 bits per heavy atom. The van der Waals surface area contributed by atoms with Gasteiger partial charge < -0.3 is 14.9 Å². The van der Waals surface area contributed by atoms with Crippen LogP contribution in [-0.2, 0) is 9.53 Å². The van der Waals surface area contributed by atoms with Gasteiger partial charge in [0.2, 0.25) is 0 Å². The van der Waals surface area contributed by atoms with E-state index in [9.17, 15) is 15.0 Å². The van der Waals surface area contributed by atoms with Gasteiger partial charge in [-0.2, -0.15) is 0 Å². The Hall–Kier alpha value is -0.710. The number of hydrogen-bond donors (Lipinski definition) is 2. The van der Waals surface area contributed by atoms with Gasteiger partial charge in [-0.15, -0.1) is 0 Å². The zero-order valence-corrected chi connectivity index (χ0v) is 15.8. The molecule has 2 aliphatic rings. The molecule has 138 valence electrons. The molecule has 0 aromatic rings. The number of ether oxygens (including phenoxy) is 1. The predicted molar refractivity (Wildman–Crippen MR) is 94.7 cm³/mol. The molecule has 24 heavy (non-hydrogen) atoms. The highest BCUT2D eigenvalue weighted by atomic mass is 16.5. The number of aliphatic hydroxyl groups is 2. The molecular weight excluding hydrogens is 304 g/mol. The minimum absolute atomic E-state index is 0.00721. The molecule has 0 aromatic heterocycles. The molecule has 1 fully saturated rings. The molecule has 0 unspecified atom stereocenters. The van der Waals surface area contributed by atoms with E-state index in [1.807, 2.05) is 19.9 Å². The number of allylic oxidation sites excluding steroid dienone is 1. The van der Waals surface area contributed by atoms with Crippen LogP contribution in [0.5, 0.6) is 0 Å². The summed E-state index contributed by atoms with van der Waals surface area (Å²) in [6.45, 7) is 9.77. The van der Waals surface area contributed by atoms with Gasteiger partial charge in [0.25, 0.3) is 0 Å². The second-order valence-electron chi connectivity index (χ2n) is 9.01. The number of fused-ring (bicyclic) bond motifs is 2. The largest absolute Gasteiger partial charge is 0.387 e. The minimum atomic E-state index is -1.13. The Morgan fingerprint density at radius 1 is 1.12 bits per heavy atom. The molecule has 0 saturated carbocycles. The second kappa shape index (κ2) is 6.89. The lowest BCUT2D eigenvalue weighted by atomic mass is 9.82. The first-order valence-corrected chi connectivity index (χ1v) is 9.26. The summed E-state index contributed by atoms with van der Waals surface area (Å²) in [5.41, 5.74) is -2.55. The van der Waals surface area contributed by atoms with Crippen LogP contribution in [0, 0.1) is 11.8 Å². The van der Waals surface area contributed by atoms with Crippen LogP contribution in [0.3, 0.4) is 0 Å². The van der Waals surface area contributed by atoms with Crippen molar-refractivity contribution in [3.05, 3.63) is 12.2 Å². The molecule has 2 bridgehead atoms. The zero-order chi connectivity index (χ0) is 18.2. The van der Waals surface area contributed by atoms with E-state index in [0.717, 1.165) is 19.3 Å². The molecule has 4 nitrogen and oxygen atoms in total. The van der Waals surface area contributed by atoms with Crippen molar-refractivity contribution in [3.8, 4) is 0 Å². The van der Waals surface area contributed by atoms with Crippen LogP contribution in [0.1, 0.15) is 73.1 Å². The number of carbonyl (C=O) groups excluding carboxylic acids is 1. The molecule has 2 aliphatic heterocycles. The monoisotopic (exact) mass is 338 g/mol. The van der Waals surface area contributed by atoms with Gasteiger partial charge in [-0.05, 0) is 58.3 Å². The van der Waals surface area contributed by atoms with Crippen molar-refractivity contribution in [2.75, 3.05) is 0 Å². The highest BCUT2D eigenvalue weighted by Gasteiger charge is 2.45. The van der Waals surface area contributed by atoms with E-state index in [4.69, 9.17) is 4.74 Å². The maximum absolute atomic E-state index is 12.4. The third-order valence-electron chi connectivity index (χ3n) is 5.72. The number of carbonyl (C=O) groups is 1. The van der Waals surface area contributed by atoms with Gasteiger partial charge in [-0.25, -0.2) is 0 Å². The van der Waals surface area contributed by atoms with Gasteiger partial charge in [0.05, 0.1) is 22.9 Å². The van der Waals surface area contributed by atoms with Crippen LogP contribution in [0.2, 0.25) is 0 Å². The highest BCUT2D eigenvalue weighted by molar-refractivity contribution is 5.80. The van der Waals surface area contributed by atoms with Gasteiger partial charge in [0, 0.05) is 12.8 Å². The second-order valence-corrected chi connectivity index (χ2v) is 9.01. The number of hydrogen-bond acceptors (Lipinski definition) is 4. The topological polar surface area (TPSA) is 66.8 Å². The molecule has 0 amide bonds. The predicted octanol–water partition coefficient (Wildman–Crippen LogP) is 3.40. The molecule has 0 aromatic carbocycles. The highest BCUT2D eigenvalue weighted by Crippen LogP contribution is 2.40. The number of rotatable bonds is 1. The van der Waals surface area contributed by atoms with E-state index >= 15 is 0 Å². The summed E-state index contributed by atoms with van der Waals surface area (Å²) < 4.78 is 6.14. The van der Waals surface area contributed by atoms with Crippen LogP contribution < -0.4 is 0 Å². The van der Waals surface area contributed by atoms with E-state index in [2.05, 4.69) is 13.8 Å². The molecule has 0 aliphatic carbocycles. The maximum atomic E-state index is 12.4. The summed E-state index contributed by atoms with van der Waals surface area (Å²) in [7, 11) is 0. The number of Topliss-reactive ketones (excluding diaryl/α,β-unsaturated/α-hetero) is 1. The molecule has 2 heterocycles. The van der Waals surface area contributed by atoms with Crippen molar-refractivity contribution < 1.29 is 19.7 Å². The van der Waals surface area contributed by atoms with E-state index in [-0.39, 0.29) is 30.6 Å². The molecule has 0 spiro atoms. The lowest BCUT2D eigenvalue weighted by Gasteiger charge is -2.33. The van der Waals surface area contributed by atoms with E-state index in [1.54, 1.807) is 13.0 Å². The van der Waals surface area contributed by atoms with Crippen LogP contribution in [0.4, 0.5) is 0 Å². The molecular formula is C20H34O4. The fraction of sp³-hybridized carbons (Fsp3) is 0.850. The van der Waals surface area contributed by atoms with Crippen molar-refractivity contribution in [2.24, 2.45) is 11.8 Å². The van der Waals surface area contributed by atoms with E-state index in [0.29, 0.717) is 12.3 Å². The quantitative estimate of drug-likeness (QED) is 0.719. The van der Waals surface area contributed by atoms with Gasteiger partial charge in [0.15, 0.2) is 0 Å². The Balaban J connectivity index is 2.28. The Bertz CT molecular complexity index is 492. The fourth-order valence-corrected chi connectivity index (χ4v) is 4.01. The lowest BCUT2D eigenvalue weighted by Crippen LogP contribution is -2.42. The summed E-state index contributed by atoms with van der Waals surface area (Å²) in [6, 6.07) is 0. The Morgan fingerprint density at radius 3 is 2.42 bits per heavy atom. The molecule has 0 radical (unpaired) electrons. The van der Waals surface area contributed by atoms with Crippen LogP contribution >= 0.6 is 0 Å². The smallest absolute Gasteiger partial charge is 0.138 e. The molecule has 1 saturated heterocycles. The summed E-state index contributed by atoms with van der Waals surface area (Å²) in [5.74, 6) is 0.669. The van der Waals surface area contributed by atoms with Crippen molar-refractivity contribution in [3.63, 3.8) is 0 Å². The maximum Gasteiger partial charge on any atom is 0.138 e. The fourth-order valence-electron chi connectivity index (χ4n) is 4.01. The molecule has 2 N–H and O–H groups in total. The third-order valence-corrected chi connectivity index (χ3v) is 5.72. The molecule has 4 heteroatoms. The first-order valence-electron chi connectivity index (χ1n) is 9.26. The SMILES string of the molecule is CC(C)[C@H]1/C=C/[C@@](C)(O)CC(=O)C[C@@]2(C)CC[C@@H](O2)[C@](C)(O)CC1. The van der Waals surface area contributed by atoms with E-state index < -0.39 is 16.8 Å². The van der Waals surface area contributed by atoms with Crippen LogP contribution in [-0.4, -0.2) is 38.9 Å². The average Bonchev–Trinajstić information content (AvgIpc) is 2.79. The van der Waals surface area contributed by atoms with Crippen LogP contribution in [0.25, 0.3) is 0 Å². The summed E-state index contributed by atoms with van der Waals surface area (Å²) >= 11 is 0. The van der Waals surface area contributed by atoms with Gasteiger partial charge >= 0.3 is 0 Å². The number of ketones is 1. The summed E-state index contributed by atoms with van der Waals surface area (Å²) in [6.07, 6.45) is 6.98.